The lowest BCUT2D eigenvalue weighted by Gasteiger charge is -2.17. The van der Waals surface area contributed by atoms with Crippen molar-refractivity contribution < 1.29 is 4.42 Å². The Balaban J connectivity index is 2.25. The molecule has 1 heterocycles. The van der Waals surface area contributed by atoms with Crippen LogP contribution in [0.4, 0.5) is 0 Å². The van der Waals surface area contributed by atoms with Gasteiger partial charge in [0, 0.05) is 9.50 Å². The van der Waals surface area contributed by atoms with E-state index in [2.05, 4.69) is 21.4 Å². The van der Waals surface area contributed by atoms with Gasteiger partial charge in [-0.2, -0.15) is 0 Å². The van der Waals surface area contributed by atoms with Crippen LogP contribution in [0.1, 0.15) is 17.2 Å². The number of furan rings is 1. The molecule has 0 radical (unpaired) electrons. The molecule has 1 unspecified atom stereocenters. The Bertz CT molecular complexity index is 487. The third-order valence-electron chi connectivity index (χ3n) is 2.55. The average Bonchev–Trinajstić information content (AvgIpc) is 2.82. The lowest BCUT2D eigenvalue weighted by molar-refractivity contribution is 0.536. The van der Waals surface area contributed by atoms with Gasteiger partial charge in [0.25, 0.3) is 0 Å². The van der Waals surface area contributed by atoms with Gasteiger partial charge >= 0.3 is 0 Å². The summed E-state index contributed by atoms with van der Waals surface area (Å²) in [7, 11) is 0. The monoisotopic (exact) mass is 314 g/mol. The molecule has 0 saturated carbocycles. The molecule has 0 bridgehead atoms. The van der Waals surface area contributed by atoms with Gasteiger partial charge in [0.15, 0.2) is 0 Å². The smallest absolute Gasteiger partial charge is 0.0935 e. The van der Waals surface area contributed by atoms with E-state index in [-0.39, 0.29) is 6.04 Å². The lowest BCUT2D eigenvalue weighted by atomic mass is 10.0. The van der Waals surface area contributed by atoms with Crippen LogP contribution in [0.3, 0.4) is 0 Å². The van der Waals surface area contributed by atoms with Crippen molar-refractivity contribution in [1.29, 1.82) is 0 Å². The predicted octanol–water partition coefficient (Wildman–Crippen LogP) is 3.44. The van der Waals surface area contributed by atoms with Gasteiger partial charge in [0.2, 0.25) is 0 Å². The van der Waals surface area contributed by atoms with Crippen LogP contribution in [0.5, 0.6) is 0 Å². The maximum atomic E-state index is 6.17. The first-order chi connectivity index (χ1) is 8.20. The minimum Gasteiger partial charge on any atom is -0.472 e. The summed E-state index contributed by atoms with van der Waals surface area (Å²) in [4.78, 5) is 0. The van der Waals surface area contributed by atoms with Crippen molar-refractivity contribution in [3.05, 3.63) is 57.4 Å². The molecular formula is C12H12BrClN2O. The lowest BCUT2D eigenvalue weighted by Crippen LogP contribution is -2.29. The van der Waals surface area contributed by atoms with Crippen molar-refractivity contribution in [2.75, 3.05) is 0 Å². The Kier molecular flexibility index (Phi) is 4.23. The summed E-state index contributed by atoms with van der Waals surface area (Å²) >= 11 is 9.60. The van der Waals surface area contributed by atoms with E-state index in [1.165, 1.54) is 0 Å². The summed E-state index contributed by atoms with van der Waals surface area (Å²) < 4.78 is 6.02. The minimum atomic E-state index is -0.0439. The molecule has 0 saturated heterocycles. The van der Waals surface area contributed by atoms with E-state index in [1.54, 1.807) is 12.5 Å². The molecule has 0 aliphatic rings. The normalized spacial score (nSPS) is 12.6. The molecule has 2 rings (SSSR count). The summed E-state index contributed by atoms with van der Waals surface area (Å²) in [5.41, 5.74) is 4.81. The van der Waals surface area contributed by atoms with Crippen LogP contribution in [0.15, 0.2) is 45.7 Å². The van der Waals surface area contributed by atoms with Crippen LogP contribution in [0.25, 0.3) is 0 Å². The van der Waals surface area contributed by atoms with Crippen molar-refractivity contribution in [2.45, 2.75) is 12.5 Å². The zero-order chi connectivity index (χ0) is 12.3. The SMILES string of the molecule is NNC(Cc1ccoc1)c1cc(Br)ccc1Cl. The first-order valence-corrected chi connectivity index (χ1v) is 6.30. The number of benzene rings is 1. The standard InChI is InChI=1S/C12H12BrClN2O/c13-9-1-2-11(14)10(6-9)12(16-15)5-8-3-4-17-7-8/h1-4,6-7,12,16H,5,15H2. The van der Waals surface area contributed by atoms with Gasteiger partial charge in [-0.3, -0.25) is 11.3 Å². The molecule has 1 atom stereocenters. The van der Waals surface area contributed by atoms with Crippen LogP contribution in [0.2, 0.25) is 5.02 Å². The summed E-state index contributed by atoms with van der Waals surface area (Å²) in [5, 5.41) is 0.694. The Morgan fingerprint density at radius 3 is 2.88 bits per heavy atom. The Morgan fingerprint density at radius 1 is 1.41 bits per heavy atom. The van der Waals surface area contributed by atoms with Crippen LogP contribution in [-0.2, 0) is 6.42 Å². The molecular weight excluding hydrogens is 304 g/mol. The minimum absolute atomic E-state index is 0.0439. The number of hydrogen-bond acceptors (Lipinski definition) is 3. The van der Waals surface area contributed by atoms with Crippen molar-refractivity contribution in [3.63, 3.8) is 0 Å². The maximum Gasteiger partial charge on any atom is 0.0935 e. The third-order valence-corrected chi connectivity index (χ3v) is 3.39. The van der Waals surface area contributed by atoms with Gasteiger partial charge in [0.05, 0.1) is 18.6 Å². The number of rotatable bonds is 4. The molecule has 0 aliphatic carbocycles. The molecule has 5 heteroatoms. The van der Waals surface area contributed by atoms with Crippen molar-refractivity contribution in [3.8, 4) is 0 Å². The van der Waals surface area contributed by atoms with E-state index in [0.717, 1.165) is 22.0 Å². The first kappa shape index (κ1) is 12.6. The van der Waals surface area contributed by atoms with Crippen LogP contribution < -0.4 is 11.3 Å². The van der Waals surface area contributed by atoms with Gasteiger partial charge in [0.1, 0.15) is 0 Å². The fourth-order valence-corrected chi connectivity index (χ4v) is 2.31. The highest BCUT2D eigenvalue weighted by atomic mass is 79.9. The second-order valence-electron chi connectivity index (χ2n) is 3.72. The number of halogens is 2. The average molecular weight is 316 g/mol. The zero-order valence-corrected chi connectivity index (χ0v) is 11.3. The van der Waals surface area contributed by atoms with E-state index >= 15 is 0 Å². The second kappa shape index (κ2) is 5.69. The molecule has 90 valence electrons. The third kappa shape index (κ3) is 3.10. The fraction of sp³-hybridized carbons (Fsp3) is 0.167. The van der Waals surface area contributed by atoms with E-state index < -0.39 is 0 Å². The Labute approximate surface area is 113 Å². The summed E-state index contributed by atoms with van der Waals surface area (Å²) in [6.07, 6.45) is 4.07. The highest BCUT2D eigenvalue weighted by molar-refractivity contribution is 9.10. The van der Waals surface area contributed by atoms with Crippen molar-refractivity contribution >= 4 is 27.5 Å². The maximum absolute atomic E-state index is 6.17. The Hall–Kier alpha value is -0.810. The van der Waals surface area contributed by atoms with E-state index in [1.807, 2.05) is 24.3 Å². The second-order valence-corrected chi connectivity index (χ2v) is 5.04. The first-order valence-electron chi connectivity index (χ1n) is 5.13. The number of nitrogens with one attached hydrogen (secondary N) is 1. The fourth-order valence-electron chi connectivity index (χ4n) is 1.68. The largest absolute Gasteiger partial charge is 0.472 e. The summed E-state index contributed by atoms with van der Waals surface area (Å²) in [5.74, 6) is 5.59. The summed E-state index contributed by atoms with van der Waals surface area (Å²) in [6.45, 7) is 0. The van der Waals surface area contributed by atoms with E-state index in [4.69, 9.17) is 21.9 Å². The quantitative estimate of drug-likeness (QED) is 0.671. The zero-order valence-electron chi connectivity index (χ0n) is 8.99. The summed E-state index contributed by atoms with van der Waals surface area (Å²) in [6, 6.07) is 7.58. The molecule has 3 nitrogen and oxygen atoms in total. The molecule has 0 amide bonds. The predicted molar refractivity (Wildman–Crippen MR) is 71.6 cm³/mol. The van der Waals surface area contributed by atoms with E-state index in [9.17, 15) is 0 Å². The topological polar surface area (TPSA) is 51.2 Å². The van der Waals surface area contributed by atoms with Crippen molar-refractivity contribution in [1.82, 2.24) is 5.43 Å². The van der Waals surface area contributed by atoms with Crippen LogP contribution in [0, 0.1) is 0 Å². The van der Waals surface area contributed by atoms with Gasteiger partial charge in [-0.15, -0.1) is 0 Å². The Morgan fingerprint density at radius 2 is 2.24 bits per heavy atom. The molecule has 2 aromatic rings. The van der Waals surface area contributed by atoms with Gasteiger partial charge in [-0.25, -0.2) is 0 Å². The number of hydrogen-bond donors (Lipinski definition) is 2. The number of hydrazine groups is 1. The highest BCUT2D eigenvalue weighted by Gasteiger charge is 2.15. The molecule has 3 N–H and O–H groups in total. The molecule has 0 aliphatic heterocycles. The molecule has 0 fully saturated rings. The highest BCUT2D eigenvalue weighted by Crippen LogP contribution is 2.28. The molecule has 17 heavy (non-hydrogen) atoms. The van der Waals surface area contributed by atoms with E-state index in [0.29, 0.717) is 5.02 Å². The molecule has 1 aromatic carbocycles. The van der Waals surface area contributed by atoms with Gasteiger partial charge in [-0.1, -0.05) is 27.5 Å². The van der Waals surface area contributed by atoms with Gasteiger partial charge < -0.3 is 4.42 Å². The van der Waals surface area contributed by atoms with Crippen LogP contribution >= 0.6 is 27.5 Å². The van der Waals surface area contributed by atoms with Crippen molar-refractivity contribution in [2.24, 2.45) is 5.84 Å². The van der Waals surface area contributed by atoms with Gasteiger partial charge in [-0.05, 0) is 41.8 Å². The molecule has 1 aromatic heterocycles. The van der Waals surface area contributed by atoms with Crippen LogP contribution in [-0.4, -0.2) is 0 Å². The number of nitrogens with two attached hydrogens (primary N) is 1. The molecule has 0 spiro atoms.